The molecule has 4 nitrogen and oxygen atoms in total. The van der Waals surface area contributed by atoms with Gasteiger partial charge in [0.05, 0.1) is 0 Å². The molecule has 0 amide bonds. The molecular weight excluding hydrogens is 424 g/mol. The summed E-state index contributed by atoms with van der Waals surface area (Å²) in [4.78, 5) is 25.4. The van der Waals surface area contributed by atoms with Crippen LogP contribution in [0.25, 0.3) is 0 Å². The highest BCUT2D eigenvalue weighted by Gasteiger charge is 2.16. The molecule has 1 unspecified atom stereocenters. The van der Waals surface area contributed by atoms with Gasteiger partial charge in [0.1, 0.15) is 17.2 Å². The number of rotatable bonds is 7. The quantitative estimate of drug-likeness (QED) is 0.309. The molecule has 3 aromatic carbocycles. The van der Waals surface area contributed by atoms with Crippen LogP contribution in [0.4, 0.5) is 0 Å². The van der Waals surface area contributed by atoms with E-state index in [-0.39, 0.29) is 17.3 Å². The van der Waals surface area contributed by atoms with Gasteiger partial charge in [-0.25, -0.2) is 0 Å². The van der Waals surface area contributed by atoms with Crippen molar-refractivity contribution in [2.45, 2.75) is 20.3 Å². The van der Waals surface area contributed by atoms with Crippen LogP contribution in [-0.2, 0) is 0 Å². The number of ketones is 2. The summed E-state index contributed by atoms with van der Waals surface area (Å²) in [6, 6.07) is 20.1. The molecule has 0 heterocycles. The molecule has 1 atom stereocenters. The fraction of sp³-hybridized carbons (Fsp3) is 0.133. The minimum absolute atomic E-state index is 0.00326. The van der Waals surface area contributed by atoms with Crippen molar-refractivity contribution in [2.24, 2.45) is 5.92 Å². The van der Waals surface area contributed by atoms with Gasteiger partial charge in [-0.2, -0.15) is 0 Å². The van der Waals surface area contributed by atoms with Crippen molar-refractivity contribution in [1.82, 2.24) is 0 Å². The smallest absolute Gasteiger partial charge is 0.193 e. The van der Waals surface area contributed by atoms with Crippen molar-refractivity contribution in [3.05, 3.63) is 125 Å². The summed E-state index contributed by atoms with van der Waals surface area (Å²) in [5.41, 5.74) is 3.65. The Morgan fingerprint density at radius 3 is 1.79 bits per heavy atom. The third-order valence-electron chi connectivity index (χ3n) is 6.00. The highest BCUT2D eigenvalue weighted by Crippen LogP contribution is 2.27. The van der Waals surface area contributed by atoms with Gasteiger partial charge >= 0.3 is 0 Å². The van der Waals surface area contributed by atoms with Gasteiger partial charge in [0, 0.05) is 28.2 Å². The Morgan fingerprint density at radius 1 is 0.824 bits per heavy atom. The number of phenols is 1. The lowest BCUT2D eigenvalue weighted by Crippen LogP contribution is -2.08. The van der Waals surface area contributed by atoms with E-state index in [1.165, 1.54) is 17.7 Å². The first-order chi connectivity index (χ1) is 16.4. The van der Waals surface area contributed by atoms with Gasteiger partial charge in [0.2, 0.25) is 0 Å². The number of carbonyl (C=O) groups excluding carboxylic acids is 2. The first-order valence-corrected chi connectivity index (χ1v) is 11.2. The predicted molar refractivity (Wildman–Crippen MR) is 134 cm³/mol. The van der Waals surface area contributed by atoms with Gasteiger partial charge in [0.15, 0.2) is 11.6 Å². The van der Waals surface area contributed by atoms with Crippen LogP contribution < -0.4 is 4.74 Å². The van der Waals surface area contributed by atoms with E-state index in [9.17, 15) is 14.7 Å². The molecule has 4 rings (SSSR count). The van der Waals surface area contributed by atoms with Gasteiger partial charge in [-0.05, 0) is 93.1 Å². The van der Waals surface area contributed by atoms with E-state index >= 15 is 0 Å². The molecule has 0 saturated carbocycles. The Labute approximate surface area is 199 Å². The molecule has 0 fully saturated rings. The van der Waals surface area contributed by atoms with Crippen LogP contribution in [0.2, 0.25) is 0 Å². The lowest BCUT2D eigenvalue weighted by Gasteiger charge is -2.16. The molecule has 0 aromatic heterocycles. The van der Waals surface area contributed by atoms with E-state index in [1.54, 1.807) is 60.7 Å². The second-order valence-electron chi connectivity index (χ2n) is 8.25. The van der Waals surface area contributed by atoms with Gasteiger partial charge < -0.3 is 9.84 Å². The van der Waals surface area contributed by atoms with Crippen molar-refractivity contribution in [3.63, 3.8) is 0 Å². The molecule has 0 spiro atoms. The minimum Gasteiger partial charge on any atom is -0.508 e. The van der Waals surface area contributed by atoms with E-state index in [4.69, 9.17) is 4.74 Å². The lowest BCUT2D eigenvalue weighted by atomic mass is 9.88. The zero-order chi connectivity index (χ0) is 24.1. The van der Waals surface area contributed by atoms with Crippen LogP contribution in [0.15, 0.2) is 108 Å². The molecule has 34 heavy (non-hydrogen) atoms. The third kappa shape index (κ3) is 5.24. The van der Waals surface area contributed by atoms with Crippen LogP contribution in [-0.4, -0.2) is 16.7 Å². The number of benzene rings is 3. The summed E-state index contributed by atoms with van der Waals surface area (Å²) < 4.78 is 5.88. The zero-order valence-corrected chi connectivity index (χ0v) is 19.2. The summed E-state index contributed by atoms with van der Waals surface area (Å²) in [6.07, 6.45) is 8.95. The number of carbonyl (C=O) groups is 2. The molecule has 1 aliphatic carbocycles. The fourth-order valence-corrected chi connectivity index (χ4v) is 3.77. The van der Waals surface area contributed by atoms with Crippen LogP contribution in [0.3, 0.4) is 0 Å². The number of ether oxygens (including phenoxy) is 1. The van der Waals surface area contributed by atoms with Crippen molar-refractivity contribution < 1.29 is 19.4 Å². The van der Waals surface area contributed by atoms with Gasteiger partial charge in [-0.1, -0.05) is 29.9 Å². The molecule has 0 bridgehead atoms. The Hall–Kier alpha value is -4.18. The average molecular weight is 451 g/mol. The summed E-state index contributed by atoms with van der Waals surface area (Å²) in [6.45, 7) is 4.14. The molecule has 0 aliphatic heterocycles. The number of allylic oxidation sites excluding steroid dienone is 6. The maximum atomic E-state index is 12.8. The SMILES string of the molecule is C/C=C(/C)C1C=CC(C(=O)c2ccc(Oc3ccc(C(=O)c4ccc(O)cc4)cc3)cc2)=CC1. The fourth-order valence-electron chi connectivity index (χ4n) is 3.77. The van der Waals surface area contributed by atoms with Gasteiger partial charge in [-0.15, -0.1) is 0 Å². The third-order valence-corrected chi connectivity index (χ3v) is 6.00. The highest BCUT2D eigenvalue weighted by atomic mass is 16.5. The number of aromatic hydroxyl groups is 1. The number of hydrogen-bond donors (Lipinski definition) is 1. The maximum absolute atomic E-state index is 12.8. The summed E-state index contributed by atoms with van der Waals surface area (Å²) in [5, 5.41) is 9.38. The van der Waals surface area contributed by atoms with Crippen molar-refractivity contribution in [3.8, 4) is 17.2 Å². The molecule has 1 aliphatic rings. The Bertz CT molecular complexity index is 1280. The molecular formula is C30H26O4. The Morgan fingerprint density at radius 2 is 1.32 bits per heavy atom. The number of Topliss-reactive ketones (excluding diaryl/α,β-unsaturated/α-hetero) is 1. The van der Waals surface area contributed by atoms with Crippen molar-refractivity contribution in [1.29, 1.82) is 0 Å². The van der Waals surface area contributed by atoms with Gasteiger partial charge in [0.25, 0.3) is 0 Å². The molecule has 1 N–H and O–H groups in total. The number of hydrogen-bond acceptors (Lipinski definition) is 4. The van der Waals surface area contributed by atoms with Crippen molar-refractivity contribution in [2.75, 3.05) is 0 Å². The first-order valence-electron chi connectivity index (χ1n) is 11.2. The lowest BCUT2D eigenvalue weighted by molar-refractivity contribution is 0.103. The summed E-state index contributed by atoms with van der Waals surface area (Å²) >= 11 is 0. The first kappa shape index (κ1) is 23.0. The van der Waals surface area contributed by atoms with Crippen LogP contribution in [0.5, 0.6) is 17.2 Å². The van der Waals surface area contributed by atoms with E-state index in [0.717, 1.165) is 6.42 Å². The van der Waals surface area contributed by atoms with Crippen LogP contribution in [0.1, 0.15) is 46.5 Å². The largest absolute Gasteiger partial charge is 0.508 e. The predicted octanol–water partition coefficient (Wildman–Crippen LogP) is 7.07. The topological polar surface area (TPSA) is 63.6 Å². The number of phenolic OH excluding ortho intramolecular Hbond substituents is 1. The van der Waals surface area contributed by atoms with Crippen molar-refractivity contribution >= 4 is 11.6 Å². The second kappa shape index (κ2) is 10.2. The van der Waals surface area contributed by atoms with E-state index in [2.05, 4.69) is 19.1 Å². The van der Waals surface area contributed by atoms with Crippen LogP contribution >= 0.6 is 0 Å². The molecule has 0 radical (unpaired) electrons. The molecule has 4 heteroatoms. The highest BCUT2D eigenvalue weighted by molar-refractivity contribution is 6.10. The van der Waals surface area contributed by atoms with E-state index in [0.29, 0.717) is 39.7 Å². The standard InChI is InChI=1S/C30H26O4/c1-3-20(2)21-4-6-22(7-5-21)29(32)24-10-16-27(17-11-24)34-28-18-12-25(13-19-28)30(33)23-8-14-26(31)15-9-23/h3-4,6-19,21,31H,5H2,1-2H3/b20-3-. The van der Waals surface area contributed by atoms with Gasteiger partial charge in [-0.3, -0.25) is 9.59 Å². The van der Waals surface area contributed by atoms with Crippen LogP contribution in [0, 0.1) is 5.92 Å². The van der Waals surface area contributed by atoms with E-state index in [1.807, 2.05) is 19.1 Å². The average Bonchev–Trinajstić information content (AvgIpc) is 2.89. The molecule has 3 aromatic rings. The van der Waals surface area contributed by atoms with E-state index < -0.39 is 0 Å². The second-order valence-corrected chi connectivity index (χ2v) is 8.25. The maximum Gasteiger partial charge on any atom is 0.193 e. The minimum atomic E-state index is -0.132. The summed E-state index contributed by atoms with van der Waals surface area (Å²) in [5.74, 6) is 1.54. The molecule has 170 valence electrons. The molecule has 0 saturated heterocycles. The monoisotopic (exact) mass is 450 g/mol. The zero-order valence-electron chi connectivity index (χ0n) is 19.2. The Kier molecular flexibility index (Phi) is 6.88. The summed E-state index contributed by atoms with van der Waals surface area (Å²) in [7, 11) is 0. The Balaban J connectivity index is 1.39. The normalized spacial score (nSPS) is 15.5.